The molecule has 260 valence electrons. The van der Waals surface area contributed by atoms with Gasteiger partial charge in [-0.25, -0.2) is 19.5 Å². The van der Waals surface area contributed by atoms with Gasteiger partial charge in [-0.15, -0.1) is 0 Å². The maximum absolute atomic E-state index is 14.7. The number of sulfonamides is 1. The van der Waals surface area contributed by atoms with Crippen molar-refractivity contribution in [2.45, 2.75) is 109 Å². The van der Waals surface area contributed by atoms with Gasteiger partial charge in [0.15, 0.2) is 5.03 Å². The first-order chi connectivity index (χ1) is 22.1. The van der Waals surface area contributed by atoms with Crippen LogP contribution in [0.25, 0.3) is 0 Å². The van der Waals surface area contributed by atoms with Gasteiger partial charge in [0.25, 0.3) is 15.9 Å². The SMILES string of the molecule is CC(C)(C)OC(=O)N1C[C@@H](CCC(C)(Nc2cccc(S(=O)(=O)NC(=O)c3ccc(C(C)(C)C)nc3F)n2)c2ccccn2)CC1(C)C. The largest absolute Gasteiger partial charge is 0.444 e. The molecule has 0 radical (unpaired) electrons. The molecule has 0 aliphatic carbocycles. The topological polar surface area (TPSA) is 143 Å². The number of ether oxygens (including phenoxy) is 1. The number of pyridine rings is 3. The number of hydrogen-bond donors (Lipinski definition) is 2. The van der Waals surface area contributed by atoms with Crippen LogP contribution in [0.1, 0.15) is 103 Å². The quantitative estimate of drug-likeness (QED) is 0.240. The Morgan fingerprint density at radius 3 is 2.29 bits per heavy atom. The van der Waals surface area contributed by atoms with Crippen LogP contribution < -0.4 is 10.0 Å². The highest BCUT2D eigenvalue weighted by Crippen LogP contribution is 2.39. The Kier molecular flexibility index (Phi) is 10.3. The highest BCUT2D eigenvalue weighted by atomic mass is 32.2. The number of halogens is 1. The van der Waals surface area contributed by atoms with Gasteiger partial charge < -0.3 is 15.0 Å². The molecule has 1 unspecified atom stereocenters. The zero-order chi connectivity index (χ0) is 35.7. The minimum atomic E-state index is -4.48. The number of likely N-dealkylation sites (tertiary alicyclic amines) is 1. The molecule has 11 nitrogen and oxygen atoms in total. The second kappa shape index (κ2) is 13.4. The second-order valence-electron chi connectivity index (χ2n) is 15.3. The van der Waals surface area contributed by atoms with Crippen molar-refractivity contribution in [1.29, 1.82) is 0 Å². The van der Waals surface area contributed by atoms with Crippen molar-refractivity contribution < 1.29 is 27.1 Å². The lowest BCUT2D eigenvalue weighted by molar-refractivity contribution is 0.0130. The highest BCUT2D eigenvalue weighted by Gasteiger charge is 2.43. The van der Waals surface area contributed by atoms with E-state index < -0.39 is 49.0 Å². The van der Waals surface area contributed by atoms with E-state index >= 15 is 0 Å². The first-order valence-electron chi connectivity index (χ1n) is 16.0. The molecular weight excluding hydrogens is 635 g/mol. The van der Waals surface area contributed by atoms with Gasteiger partial charge in [-0.05, 0) is 103 Å². The van der Waals surface area contributed by atoms with E-state index in [0.717, 1.165) is 18.5 Å². The maximum Gasteiger partial charge on any atom is 0.410 e. The number of nitrogens with one attached hydrogen (secondary N) is 2. The summed E-state index contributed by atoms with van der Waals surface area (Å²) in [4.78, 5) is 40.4. The molecule has 1 aliphatic rings. The van der Waals surface area contributed by atoms with E-state index in [-0.39, 0.29) is 23.4 Å². The lowest BCUT2D eigenvalue weighted by Crippen LogP contribution is -2.45. The van der Waals surface area contributed by atoms with Crippen molar-refractivity contribution in [3.8, 4) is 0 Å². The van der Waals surface area contributed by atoms with Gasteiger partial charge in [-0.2, -0.15) is 12.8 Å². The third kappa shape index (κ3) is 8.86. The van der Waals surface area contributed by atoms with E-state index in [1.807, 2.05) is 85.2 Å². The molecule has 0 aromatic carbocycles. The van der Waals surface area contributed by atoms with E-state index in [9.17, 15) is 22.4 Å². The van der Waals surface area contributed by atoms with Gasteiger partial charge in [-0.3, -0.25) is 9.78 Å². The lowest BCUT2D eigenvalue weighted by Gasteiger charge is -2.33. The number of rotatable bonds is 9. The van der Waals surface area contributed by atoms with E-state index in [2.05, 4.69) is 20.3 Å². The average Bonchev–Trinajstić information content (AvgIpc) is 3.29. The Morgan fingerprint density at radius 2 is 1.69 bits per heavy atom. The van der Waals surface area contributed by atoms with Gasteiger partial charge in [0, 0.05) is 29.4 Å². The van der Waals surface area contributed by atoms with Crippen LogP contribution in [0.4, 0.5) is 15.0 Å². The van der Waals surface area contributed by atoms with E-state index in [1.165, 1.54) is 24.3 Å². The standard InChI is InChI=1S/C35H47FN6O5S/c1-32(2,3)25-17-16-24(29(36)38-25)30(43)41-48(45,46)28-15-12-14-27(39-28)40-35(9,26-13-10-11-20-37-26)19-18-23-21-34(7,8)42(22-23)31(44)47-33(4,5)6/h10-17,20,23H,18-19,21-22H2,1-9H3,(H,39,40)(H,41,43)/t23-,35?/m0/s1. The number of carbonyl (C=O) groups excluding carboxylic acids is 2. The molecule has 3 aromatic rings. The molecule has 4 rings (SSSR count). The summed E-state index contributed by atoms with van der Waals surface area (Å²) in [5, 5.41) is 2.96. The van der Waals surface area contributed by atoms with Crippen LogP contribution in [0, 0.1) is 11.9 Å². The van der Waals surface area contributed by atoms with Crippen LogP contribution in [-0.2, 0) is 25.7 Å². The van der Waals surface area contributed by atoms with Crippen LogP contribution in [-0.4, -0.2) is 58.0 Å². The molecule has 0 bridgehead atoms. The predicted molar refractivity (Wildman–Crippen MR) is 181 cm³/mol. The van der Waals surface area contributed by atoms with Crippen molar-refractivity contribution >= 4 is 27.8 Å². The molecular formula is C35H47FN6O5S. The molecule has 1 aliphatic heterocycles. The molecule has 0 spiro atoms. The van der Waals surface area contributed by atoms with Crippen molar-refractivity contribution in [3.63, 3.8) is 0 Å². The van der Waals surface area contributed by atoms with E-state index in [1.54, 1.807) is 17.2 Å². The smallest absolute Gasteiger partial charge is 0.410 e. The summed E-state index contributed by atoms with van der Waals surface area (Å²) in [5.74, 6) is -1.80. The normalized spacial score (nSPS) is 17.8. The third-order valence-electron chi connectivity index (χ3n) is 8.35. The van der Waals surface area contributed by atoms with Crippen LogP contribution in [0.5, 0.6) is 0 Å². The minimum Gasteiger partial charge on any atom is -0.444 e. The molecule has 2 atom stereocenters. The van der Waals surface area contributed by atoms with E-state index in [4.69, 9.17) is 4.74 Å². The zero-order valence-corrected chi connectivity index (χ0v) is 30.0. The van der Waals surface area contributed by atoms with Gasteiger partial charge in [0.2, 0.25) is 5.95 Å². The molecule has 2 amide bonds. The van der Waals surface area contributed by atoms with Gasteiger partial charge >= 0.3 is 6.09 Å². The van der Waals surface area contributed by atoms with E-state index in [0.29, 0.717) is 18.7 Å². The summed E-state index contributed by atoms with van der Waals surface area (Å²) in [5.41, 5.74) is -1.59. The fraction of sp³-hybridized carbons (Fsp3) is 0.514. The number of carbonyl (C=O) groups is 2. The first-order valence-corrected chi connectivity index (χ1v) is 17.5. The summed E-state index contributed by atoms with van der Waals surface area (Å²) in [6, 6.07) is 12.7. The molecule has 3 aromatic heterocycles. The lowest BCUT2D eigenvalue weighted by atomic mass is 9.85. The summed E-state index contributed by atoms with van der Waals surface area (Å²) < 4.78 is 48.8. The van der Waals surface area contributed by atoms with Gasteiger partial charge in [-0.1, -0.05) is 32.9 Å². The maximum atomic E-state index is 14.7. The highest BCUT2D eigenvalue weighted by molar-refractivity contribution is 7.90. The Labute approximate surface area is 283 Å². The summed E-state index contributed by atoms with van der Waals surface area (Å²) in [6.45, 7) is 17.7. The Bertz CT molecular complexity index is 1750. The average molecular weight is 683 g/mol. The van der Waals surface area contributed by atoms with Crippen LogP contribution in [0.2, 0.25) is 0 Å². The predicted octanol–water partition coefficient (Wildman–Crippen LogP) is 6.57. The minimum absolute atomic E-state index is 0.180. The number of nitrogens with zero attached hydrogens (tertiary/aromatic N) is 4. The first kappa shape index (κ1) is 36.7. The molecule has 0 saturated carbocycles. The van der Waals surface area contributed by atoms with Gasteiger partial charge in [0.1, 0.15) is 11.4 Å². The molecule has 13 heteroatoms. The monoisotopic (exact) mass is 682 g/mol. The molecule has 1 fully saturated rings. The molecule has 1 saturated heterocycles. The van der Waals surface area contributed by atoms with Crippen LogP contribution >= 0.6 is 0 Å². The number of aromatic nitrogens is 3. The molecule has 48 heavy (non-hydrogen) atoms. The summed E-state index contributed by atoms with van der Waals surface area (Å²) in [7, 11) is -4.48. The van der Waals surface area contributed by atoms with Crippen molar-refractivity contribution in [2.75, 3.05) is 11.9 Å². The second-order valence-corrected chi connectivity index (χ2v) is 16.9. The Balaban J connectivity index is 1.53. The van der Waals surface area contributed by atoms with Crippen molar-refractivity contribution in [1.82, 2.24) is 24.6 Å². The molecule has 2 N–H and O–H groups in total. The number of anilines is 1. The Hall–Kier alpha value is -4.13. The Morgan fingerprint density at radius 1 is 0.979 bits per heavy atom. The number of amides is 2. The fourth-order valence-corrected chi connectivity index (χ4v) is 6.76. The van der Waals surface area contributed by atoms with Crippen molar-refractivity contribution in [2.24, 2.45) is 5.92 Å². The van der Waals surface area contributed by atoms with Gasteiger partial charge in [0.05, 0.1) is 16.8 Å². The molecule has 4 heterocycles. The number of hydrogen-bond acceptors (Lipinski definition) is 9. The zero-order valence-electron chi connectivity index (χ0n) is 29.2. The third-order valence-corrected chi connectivity index (χ3v) is 9.58. The van der Waals surface area contributed by atoms with Crippen LogP contribution in [0.15, 0.2) is 59.8 Å². The summed E-state index contributed by atoms with van der Waals surface area (Å²) in [6.07, 6.45) is 3.44. The summed E-state index contributed by atoms with van der Waals surface area (Å²) >= 11 is 0. The van der Waals surface area contributed by atoms with Crippen LogP contribution in [0.3, 0.4) is 0 Å². The fourth-order valence-electron chi connectivity index (χ4n) is 5.82. The van der Waals surface area contributed by atoms with Crippen molar-refractivity contribution in [3.05, 3.63) is 77.6 Å².